The Morgan fingerprint density at radius 2 is 1.89 bits per heavy atom. The first-order valence-corrected chi connectivity index (χ1v) is 6.88. The molecule has 2 nitrogen and oxygen atoms in total. The lowest BCUT2D eigenvalue weighted by molar-refractivity contribution is 1.02. The maximum atomic E-state index is 6.11. The minimum Gasteiger partial charge on any atom is -0.302 e. The van der Waals surface area contributed by atoms with Gasteiger partial charge >= 0.3 is 0 Å². The number of hydrogen-bond acceptors (Lipinski definition) is 1. The second-order valence-electron chi connectivity index (χ2n) is 4.74. The largest absolute Gasteiger partial charge is 0.302 e. The van der Waals surface area contributed by atoms with Crippen molar-refractivity contribution < 1.29 is 0 Å². The van der Waals surface area contributed by atoms with Crippen LogP contribution in [0.1, 0.15) is 22.5 Å². The van der Waals surface area contributed by atoms with Gasteiger partial charge in [0.05, 0.1) is 17.3 Å². The number of imidazole rings is 1. The monoisotopic (exact) mass is 270 g/mol. The average molecular weight is 271 g/mol. The van der Waals surface area contributed by atoms with Gasteiger partial charge in [0.15, 0.2) is 0 Å². The summed E-state index contributed by atoms with van der Waals surface area (Å²) in [5.74, 6) is 0.479. The minimum atomic E-state index is 0.479. The Bertz CT molecular complexity index is 701. The predicted octanol–water partition coefficient (Wildman–Crippen LogP) is 3.97. The number of aryl methyl sites for hydroxylation is 1. The zero-order valence-corrected chi connectivity index (χ0v) is 11.6. The zero-order valence-electron chi connectivity index (χ0n) is 10.8. The molecule has 0 amide bonds. The summed E-state index contributed by atoms with van der Waals surface area (Å²) in [4.78, 5) is 4.70. The Morgan fingerprint density at radius 3 is 2.63 bits per heavy atom. The molecule has 1 aromatic carbocycles. The van der Waals surface area contributed by atoms with Crippen molar-refractivity contribution in [3.8, 4) is 0 Å². The molecular weight excluding hydrogens is 256 g/mol. The van der Waals surface area contributed by atoms with Crippen LogP contribution in [-0.2, 0) is 12.3 Å². The Kier molecular flexibility index (Phi) is 3.26. The fourth-order valence-electron chi connectivity index (χ4n) is 2.32. The smallest absolute Gasteiger partial charge is 0.137 e. The molecule has 0 atom stereocenters. The maximum absolute atomic E-state index is 6.11. The molecule has 0 fully saturated rings. The van der Waals surface area contributed by atoms with Gasteiger partial charge in [-0.15, -0.1) is 11.6 Å². The van der Waals surface area contributed by atoms with Gasteiger partial charge in [-0.3, -0.25) is 0 Å². The van der Waals surface area contributed by atoms with Crippen molar-refractivity contribution >= 4 is 17.2 Å². The van der Waals surface area contributed by atoms with Crippen LogP contribution in [0.3, 0.4) is 0 Å². The van der Waals surface area contributed by atoms with Crippen LogP contribution in [0, 0.1) is 6.92 Å². The second kappa shape index (κ2) is 5.06. The molecule has 0 aliphatic carbocycles. The third-order valence-corrected chi connectivity index (χ3v) is 3.54. The van der Waals surface area contributed by atoms with Gasteiger partial charge in [0.25, 0.3) is 0 Å². The molecule has 0 radical (unpaired) electrons. The van der Waals surface area contributed by atoms with Crippen LogP contribution < -0.4 is 0 Å². The molecular formula is C16H15ClN2. The molecule has 0 unspecified atom stereocenters. The summed E-state index contributed by atoms with van der Waals surface area (Å²) >= 11 is 6.11. The van der Waals surface area contributed by atoms with E-state index < -0.39 is 0 Å². The lowest BCUT2D eigenvalue weighted by Gasteiger charge is -2.02. The fourth-order valence-corrected chi connectivity index (χ4v) is 2.60. The number of hydrogen-bond donors (Lipinski definition) is 0. The van der Waals surface area contributed by atoms with Gasteiger partial charge in [0, 0.05) is 12.6 Å². The van der Waals surface area contributed by atoms with E-state index in [1.54, 1.807) is 0 Å². The quantitative estimate of drug-likeness (QED) is 0.658. The van der Waals surface area contributed by atoms with Crippen molar-refractivity contribution in [2.24, 2.45) is 0 Å². The van der Waals surface area contributed by atoms with E-state index in [4.69, 9.17) is 16.6 Å². The molecule has 0 spiro atoms. The van der Waals surface area contributed by atoms with E-state index in [-0.39, 0.29) is 0 Å². The minimum absolute atomic E-state index is 0.479. The number of pyridine rings is 1. The van der Waals surface area contributed by atoms with E-state index in [2.05, 4.69) is 47.9 Å². The van der Waals surface area contributed by atoms with Crippen LogP contribution in [0.2, 0.25) is 0 Å². The molecule has 0 saturated carbocycles. The predicted molar refractivity (Wildman–Crippen MR) is 78.7 cm³/mol. The van der Waals surface area contributed by atoms with Crippen molar-refractivity contribution in [1.82, 2.24) is 9.38 Å². The van der Waals surface area contributed by atoms with Gasteiger partial charge in [0.1, 0.15) is 5.65 Å². The normalized spacial score (nSPS) is 11.1. The van der Waals surface area contributed by atoms with E-state index in [9.17, 15) is 0 Å². The molecule has 0 bridgehead atoms. The average Bonchev–Trinajstić information content (AvgIpc) is 2.76. The van der Waals surface area contributed by atoms with E-state index in [1.807, 2.05) is 12.1 Å². The topological polar surface area (TPSA) is 17.3 Å². The van der Waals surface area contributed by atoms with Gasteiger partial charge in [0.2, 0.25) is 0 Å². The van der Waals surface area contributed by atoms with E-state index in [0.717, 1.165) is 23.5 Å². The van der Waals surface area contributed by atoms with Crippen LogP contribution in [0.4, 0.5) is 0 Å². The van der Waals surface area contributed by atoms with Gasteiger partial charge in [-0.25, -0.2) is 4.98 Å². The summed E-state index contributed by atoms with van der Waals surface area (Å²) in [7, 11) is 0. The molecule has 0 saturated heterocycles. The highest BCUT2D eigenvalue weighted by Crippen LogP contribution is 2.19. The SMILES string of the molecule is Cc1ccc2nc(Cc3ccccc3)c(CCl)n2c1. The highest BCUT2D eigenvalue weighted by atomic mass is 35.5. The number of alkyl halides is 1. The second-order valence-corrected chi connectivity index (χ2v) is 5.00. The van der Waals surface area contributed by atoms with Crippen LogP contribution >= 0.6 is 11.6 Å². The molecule has 3 aromatic rings. The van der Waals surface area contributed by atoms with Gasteiger partial charge in [-0.1, -0.05) is 36.4 Å². The number of nitrogens with zero attached hydrogens (tertiary/aromatic N) is 2. The first kappa shape index (κ1) is 12.2. The van der Waals surface area contributed by atoms with Crippen LogP contribution in [0.15, 0.2) is 48.7 Å². The Hall–Kier alpha value is -1.80. The lowest BCUT2D eigenvalue weighted by Crippen LogP contribution is -1.95. The molecule has 3 rings (SSSR count). The summed E-state index contributed by atoms with van der Waals surface area (Å²) in [6.45, 7) is 2.08. The number of aromatic nitrogens is 2. The van der Waals surface area contributed by atoms with E-state index in [0.29, 0.717) is 5.88 Å². The first-order valence-electron chi connectivity index (χ1n) is 6.34. The first-order chi connectivity index (χ1) is 9.28. The van der Waals surface area contributed by atoms with Crippen LogP contribution in [-0.4, -0.2) is 9.38 Å². The molecule has 0 aliphatic heterocycles. The van der Waals surface area contributed by atoms with Crippen molar-refractivity contribution in [3.63, 3.8) is 0 Å². The Labute approximate surface area is 117 Å². The van der Waals surface area contributed by atoms with E-state index in [1.165, 1.54) is 11.1 Å². The maximum Gasteiger partial charge on any atom is 0.137 e. The summed E-state index contributed by atoms with van der Waals surface area (Å²) < 4.78 is 2.10. The highest BCUT2D eigenvalue weighted by molar-refractivity contribution is 6.17. The lowest BCUT2D eigenvalue weighted by atomic mass is 10.1. The van der Waals surface area contributed by atoms with Gasteiger partial charge < -0.3 is 4.40 Å². The standard InChI is InChI=1S/C16H15ClN2/c1-12-7-8-16-18-14(15(10-17)19(16)11-12)9-13-5-3-2-4-6-13/h2-8,11H,9-10H2,1H3. The molecule has 2 heterocycles. The number of rotatable bonds is 3. The van der Waals surface area contributed by atoms with Crippen LogP contribution in [0.5, 0.6) is 0 Å². The van der Waals surface area contributed by atoms with Crippen molar-refractivity contribution in [2.45, 2.75) is 19.2 Å². The third-order valence-electron chi connectivity index (χ3n) is 3.29. The van der Waals surface area contributed by atoms with Crippen molar-refractivity contribution in [1.29, 1.82) is 0 Å². The van der Waals surface area contributed by atoms with E-state index >= 15 is 0 Å². The summed E-state index contributed by atoms with van der Waals surface area (Å²) in [5.41, 5.74) is 5.58. The molecule has 0 N–H and O–H groups in total. The molecule has 19 heavy (non-hydrogen) atoms. The number of fused-ring (bicyclic) bond motifs is 1. The summed E-state index contributed by atoms with van der Waals surface area (Å²) in [6, 6.07) is 14.5. The Morgan fingerprint density at radius 1 is 1.11 bits per heavy atom. The summed E-state index contributed by atoms with van der Waals surface area (Å²) in [5, 5.41) is 0. The highest BCUT2D eigenvalue weighted by Gasteiger charge is 2.11. The molecule has 2 aromatic heterocycles. The zero-order chi connectivity index (χ0) is 13.2. The molecule has 0 aliphatic rings. The third kappa shape index (κ3) is 2.36. The van der Waals surface area contributed by atoms with Crippen molar-refractivity contribution in [3.05, 3.63) is 71.2 Å². The summed E-state index contributed by atoms with van der Waals surface area (Å²) in [6.07, 6.45) is 2.91. The van der Waals surface area contributed by atoms with Crippen molar-refractivity contribution in [2.75, 3.05) is 0 Å². The number of benzene rings is 1. The van der Waals surface area contributed by atoms with Gasteiger partial charge in [-0.2, -0.15) is 0 Å². The fraction of sp³-hybridized carbons (Fsp3) is 0.188. The van der Waals surface area contributed by atoms with Gasteiger partial charge in [-0.05, 0) is 24.1 Å². The number of halogens is 1. The Balaban J connectivity index is 2.08. The molecule has 96 valence electrons. The molecule has 3 heteroatoms. The van der Waals surface area contributed by atoms with Crippen LogP contribution in [0.25, 0.3) is 5.65 Å².